The van der Waals surface area contributed by atoms with Crippen LogP contribution in [-0.2, 0) is 6.61 Å². The van der Waals surface area contributed by atoms with Crippen molar-refractivity contribution in [1.82, 2.24) is 5.16 Å². The summed E-state index contributed by atoms with van der Waals surface area (Å²) in [7, 11) is 4.77. The van der Waals surface area contributed by atoms with Gasteiger partial charge in [0.05, 0.1) is 31.0 Å². The predicted molar refractivity (Wildman–Crippen MR) is 98.6 cm³/mol. The Morgan fingerprint density at radius 3 is 2.74 bits per heavy atom. The quantitative estimate of drug-likeness (QED) is 0.703. The van der Waals surface area contributed by atoms with Gasteiger partial charge in [0.15, 0.2) is 11.5 Å². The number of hydrogen-bond donors (Lipinski definition) is 0. The summed E-state index contributed by atoms with van der Waals surface area (Å²) < 4.78 is 21.8. The van der Waals surface area contributed by atoms with E-state index in [1.54, 1.807) is 39.5 Å². The van der Waals surface area contributed by atoms with Crippen LogP contribution in [0.2, 0.25) is 0 Å². The number of ether oxygens (including phenoxy) is 3. The molecule has 0 N–H and O–H groups in total. The average molecular weight is 366 g/mol. The monoisotopic (exact) mass is 366 g/mol. The molecule has 0 aliphatic carbocycles. The molecule has 1 amide bonds. The highest BCUT2D eigenvalue weighted by atomic mass is 16.5. The van der Waals surface area contributed by atoms with E-state index in [9.17, 15) is 4.79 Å². The Hall–Kier alpha value is -3.48. The minimum atomic E-state index is -0.313. The number of fused-ring (bicyclic) bond motifs is 3. The van der Waals surface area contributed by atoms with Crippen LogP contribution < -0.4 is 19.1 Å². The summed E-state index contributed by atoms with van der Waals surface area (Å²) in [4.78, 5) is 14.5. The molecule has 0 saturated carbocycles. The maximum Gasteiger partial charge on any atom is 0.280 e. The number of benzene rings is 2. The zero-order chi connectivity index (χ0) is 19.0. The van der Waals surface area contributed by atoms with E-state index < -0.39 is 0 Å². The molecule has 138 valence electrons. The third kappa shape index (κ3) is 2.77. The van der Waals surface area contributed by atoms with Crippen LogP contribution in [0.1, 0.15) is 16.1 Å². The first-order chi connectivity index (χ1) is 13.1. The predicted octanol–water partition coefficient (Wildman–Crippen LogP) is 3.53. The Labute approximate surface area is 156 Å². The molecule has 7 nitrogen and oxygen atoms in total. The average Bonchev–Trinajstić information content (AvgIpc) is 3.16. The number of carbonyl (C=O) groups is 1. The molecular weight excluding hydrogens is 348 g/mol. The second-order valence-corrected chi connectivity index (χ2v) is 6.03. The first-order valence-electron chi connectivity index (χ1n) is 8.35. The lowest BCUT2D eigenvalue weighted by molar-refractivity contribution is 0.0981. The number of para-hydroxylation sites is 1. The van der Waals surface area contributed by atoms with Gasteiger partial charge in [0.25, 0.3) is 5.91 Å². The van der Waals surface area contributed by atoms with Crippen molar-refractivity contribution in [2.45, 2.75) is 6.61 Å². The van der Waals surface area contributed by atoms with Gasteiger partial charge in [-0.15, -0.1) is 0 Å². The number of hydrogen-bond acceptors (Lipinski definition) is 6. The van der Waals surface area contributed by atoms with E-state index in [0.29, 0.717) is 34.3 Å². The summed E-state index contributed by atoms with van der Waals surface area (Å²) >= 11 is 0. The van der Waals surface area contributed by atoms with Crippen LogP contribution in [0.5, 0.6) is 17.2 Å². The topological polar surface area (TPSA) is 74.0 Å². The molecule has 3 aromatic rings. The maximum absolute atomic E-state index is 13.1. The molecule has 0 atom stereocenters. The summed E-state index contributed by atoms with van der Waals surface area (Å²) in [5.74, 6) is 2.12. The van der Waals surface area contributed by atoms with Crippen molar-refractivity contribution in [2.75, 3.05) is 26.2 Å². The first-order valence-corrected chi connectivity index (χ1v) is 8.35. The fourth-order valence-corrected chi connectivity index (χ4v) is 3.08. The van der Waals surface area contributed by atoms with E-state index in [1.807, 2.05) is 24.3 Å². The Morgan fingerprint density at radius 2 is 1.96 bits per heavy atom. The standard InChI is InChI=1S/C20H18N2O5/c1-22(15-9-8-12(24-2)10-17(15)25-3)20(23)18-14-11-26-16-7-5-4-6-13(16)19(14)27-21-18/h4-10H,11H2,1-3H3. The van der Waals surface area contributed by atoms with E-state index in [-0.39, 0.29) is 18.2 Å². The Bertz CT molecular complexity index is 1010. The summed E-state index contributed by atoms with van der Waals surface area (Å²) in [6, 6.07) is 12.7. The van der Waals surface area contributed by atoms with E-state index in [4.69, 9.17) is 18.7 Å². The number of carbonyl (C=O) groups excluding carboxylic acids is 1. The Kier molecular flexibility index (Phi) is 4.19. The molecule has 4 rings (SSSR count). The SMILES string of the molecule is COc1ccc(N(C)C(=O)c2noc3c2COc2ccccc2-3)c(OC)c1. The second-order valence-electron chi connectivity index (χ2n) is 6.03. The van der Waals surface area contributed by atoms with Crippen LogP contribution in [0.4, 0.5) is 5.69 Å². The van der Waals surface area contributed by atoms with E-state index in [2.05, 4.69) is 5.16 Å². The highest BCUT2D eigenvalue weighted by molar-refractivity contribution is 6.07. The zero-order valence-corrected chi connectivity index (χ0v) is 15.2. The van der Waals surface area contributed by atoms with Gasteiger partial charge in [-0.25, -0.2) is 0 Å². The molecule has 0 fully saturated rings. The molecule has 0 radical (unpaired) electrons. The van der Waals surface area contributed by atoms with Crippen molar-refractivity contribution in [3.8, 4) is 28.6 Å². The lowest BCUT2D eigenvalue weighted by Gasteiger charge is -2.21. The minimum Gasteiger partial charge on any atom is -0.497 e. The van der Waals surface area contributed by atoms with E-state index in [1.165, 1.54) is 4.90 Å². The van der Waals surface area contributed by atoms with E-state index >= 15 is 0 Å². The number of anilines is 1. The fraction of sp³-hybridized carbons (Fsp3) is 0.200. The lowest BCUT2D eigenvalue weighted by atomic mass is 10.0. The molecule has 7 heteroatoms. The van der Waals surface area contributed by atoms with Gasteiger partial charge in [-0.05, 0) is 24.3 Å². The van der Waals surface area contributed by atoms with Gasteiger partial charge in [-0.1, -0.05) is 17.3 Å². The third-order valence-electron chi connectivity index (χ3n) is 4.55. The summed E-state index contributed by atoms with van der Waals surface area (Å²) in [5.41, 5.74) is 2.24. The third-order valence-corrected chi connectivity index (χ3v) is 4.55. The summed E-state index contributed by atoms with van der Waals surface area (Å²) in [6.07, 6.45) is 0. The molecule has 0 unspecified atom stereocenters. The van der Waals surface area contributed by atoms with E-state index in [0.717, 1.165) is 5.56 Å². The lowest BCUT2D eigenvalue weighted by Crippen LogP contribution is -2.28. The van der Waals surface area contributed by atoms with Gasteiger partial charge in [-0.3, -0.25) is 4.79 Å². The van der Waals surface area contributed by atoms with Crippen molar-refractivity contribution < 1.29 is 23.5 Å². The molecule has 1 aliphatic heterocycles. The highest BCUT2D eigenvalue weighted by Gasteiger charge is 2.31. The van der Waals surface area contributed by atoms with Gasteiger partial charge in [0.2, 0.25) is 0 Å². The number of nitrogens with zero attached hydrogens (tertiary/aromatic N) is 2. The molecule has 0 saturated heterocycles. The molecule has 27 heavy (non-hydrogen) atoms. The van der Waals surface area contributed by atoms with Gasteiger partial charge in [0, 0.05) is 13.1 Å². The van der Waals surface area contributed by atoms with Crippen molar-refractivity contribution in [1.29, 1.82) is 0 Å². The molecule has 2 heterocycles. The van der Waals surface area contributed by atoms with Gasteiger partial charge in [-0.2, -0.15) is 0 Å². The smallest absolute Gasteiger partial charge is 0.280 e. The van der Waals surface area contributed by atoms with Crippen molar-refractivity contribution in [3.63, 3.8) is 0 Å². The second kappa shape index (κ2) is 6.68. The minimum absolute atomic E-state index is 0.222. The van der Waals surface area contributed by atoms with Crippen molar-refractivity contribution >= 4 is 11.6 Å². The van der Waals surface area contributed by atoms with Crippen LogP contribution in [0.25, 0.3) is 11.3 Å². The molecule has 1 aliphatic rings. The molecule has 0 spiro atoms. The summed E-state index contributed by atoms with van der Waals surface area (Å²) in [5, 5.41) is 4.02. The van der Waals surface area contributed by atoms with Gasteiger partial charge in [0.1, 0.15) is 23.9 Å². The fourth-order valence-electron chi connectivity index (χ4n) is 3.08. The number of rotatable bonds is 4. The zero-order valence-electron chi connectivity index (χ0n) is 15.2. The Balaban J connectivity index is 1.70. The van der Waals surface area contributed by atoms with Crippen LogP contribution in [0.15, 0.2) is 47.0 Å². The largest absolute Gasteiger partial charge is 0.497 e. The molecular formula is C20H18N2O5. The Morgan fingerprint density at radius 1 is 1.15 bits per heavy atom. The number of methoxy groups -OCH3 is 2. The van der Waals surface area contributed by atoms with Gasteiger partial charge >= 0.3 is 0 Å². The molecule has 0 bridgehead atoms. The van der Waals surface area contributed by atoms with Crippen molar-refractivity contribution in [2.24, 2.45) is 0 Å². The molecule has 2 aromatic carbocycles. The van der Waals surface area contributed by atoms with Crippen LogP contribution in [0, 0.1) is 0 Å². The van der Waals surface area contributed by atoms with Gasteiger partial charge < -0.3 is 23.6 Å². The van der Waals surface area contributed by atoms with Crippen LogP contribution in [0.3, 0.4) is 0 Å². The van der Waals surface area contributed by atoms with Crippen LogP contribution >= 0.6 is 0 Å². The highest BCUT2D eigenvalue weighted by Crippen LogP contribution is 2.39. The van der Waals surface area contributed by atoms with Crippen molar-refractivity contribution in [3.05, 3.63) is 53.7 Å². The summed E-state index contributed by atoms with van der Waals surface area (Å²) in [6.45, 7) is 0.227. The first kappa shape index (κ1) is 17.0. The number of aromatic nitrogens is 1. The number of amides is 1. The normalized spacial score (nSPS) is 11.8. The molecule has 1 aromatic heterocycles. The van der Waals surface area contributed by atoms with Crippen LogP contribution in [-0.4, -0.2) is 32.3 Å². The maximum atomic E-state index is 13.1.